The first-order chi connectivity index (χ1) is 12.0. The van der Waals surface area contributed by atoms with Crippen molar-refractivity contribution in [2.45, 2.75) is 50.7 Å². The van der Waals surface area contributed by atoms with Crippen LogP contribution in [-0.4, -0.2) is 47.3 Å². The maximum atomic E-state index is 13.8. The second-order valence-electron chi connectivity index (χ2n) is 7.28. The van der Waals surface area contributed by atoms with Gasteiger partial charge >= 0.3 is 0 Å². The van der Waals surface area contributed by atoms with E-state index in [-0.39, 0.29) is 42.8 Å². The van der Waals surface area contributed by atoms with Crippen LogP contribution in [0.4, 0.5) is 4.39 Å². The van der Waals surface area contributed by atoms with E-state index in [4.69, 9.17) is 5.73 Å². The van der Waals surface area contributed by atoms with E-state index in [9.17, 15) is 14.0 Å². The second-order valence-corrected chi connectivity index (χ2v) is 7.28. The predicted molar refractivity (Wildman–Crippen MR) is 92.9 cm³/mol. The van der Waals surface area contributed by atoms with Crippen LogP contribution >= 0.6 is 0 Å². The van der Waals surface area contributed by atoms with Crippen LogP contribution in [0.2, 0.25) is 0 Å². The number of fused-ring (bicyclic) bond motifs is 1. The zero-order chi connectivity index (χ0) is 18.0. The van der Waals surface area contributed by atoms with E-state index in [0.29, 0.717) is 11.5 Å². The summed E-state index contributed by atoms with van der Waals surface area (Å²) in [5.74, 6) is -0.318. The highest BCUT2D eigenvalue weighted by Gasteiger charge is 2.45. The summed E-state index contributed by atoms with van der Waals surface area (Å²) >= 11 is 0. The molecule has 2 fully saturated rings. The van der Waals surface area contributed by atoms with Gasteiger partial charge in [-0.3, -0.25) is 14.5 Å². The number of benzene rings is 1. The Morgan fingerprint density at radius 2 is 2.00 bits per heavy atom. The predicted octanol–water partition coefficient (Wildman–Crippen LogP) is 1.90. The Labute approximate surface area is 148 Å². The SMILES string of the molecule is CN(Cc1ccccc1F)C(=O)CN1[C@@H]2CCCC[C@H]2C[C@H]1C(N)=O. The van der Waals surface area contributed by atoms with Gasteiger partial charge in [0, 0.05) is 25.2 Å². The number of hydrogen-bond donors (Lipinski definition) is 1. The molecule has 2 aliphatic rings. The number of likely N-dealkylation sites (N-methyl/N-ethyl adjacent to an activating group) is 1. The van der Waals surface area contributed by atoms with Crippen molar-refractivity contribution in [3.63, 3.8) is 0 Å². The molecule has 1 aromatic rings. The number of halogens is 1. The molecule has 1 saturated carbocycles. The molecule has 0 bridgehead atoms. The first-order valence-corrected chi connectivity index (χ1v) is 9.00. The molecule has 0 aromatic heterocycles. The first-order valence-electron chi connectivity index (χ1n) is 9.00. The fourth-order valence-electron chi connectivity index (χ4n) is 4.31. The van der Waals surface area contributed by atoms with Crippen LogP contribution in [0.25, 0.3) is 0 Å². The van der Waals surface area contributed by atoms with E-state index in [1.54, 1.807) is 25.2 Å². The number of carbonyl (C=O) groups excluding carboxylic acids is 2. The molecule has 1 heterocycles. The van der Waals surface area contributed by atoms with Gasteiger partial charge in [-0.2, -0.15) is 0 Å². The minimum atomic E-state index is -0.362. The highest BCUT2D eigenvalue weighted by atomic mass is 19.1. The summed E-state index contributed by atoms with van der Waals surface area (Å²) < 4.78 is 13.8. The normalized spacial score (nSPS) is 26.2. The molecule has 5 nitrogen and oxygen atoms in total. The molecule has 6 heteroatoms. The van der Waals surface area contributed by atoms with E-state index in [2.05, 4.69) is 0 Å². The van der Waals surface area contributed by atoms with E-state index in [1.807, 2.05) is 4.90 Å². The molecule has 136 valence electrons. The number of rotatable bonds is 5. The number of amides is 2. The molecule has 1 aromatic carbocycles. The van der Waals surface area contributed by atoms with Gasteiger partial charge in [0.1, 0.15) is 5.82 Å². The van der Waals surface area contributed by atoms with E-state index < -0.39 is 0 Å². The summed E-state index contributed by atoms with van der Waals surface area (Å²) in [5, 5.41) is 0. The average Bonchev–Trinajstić information content (AvgIpc) is 2.96. The lowest BCUT2D eigenvalue weighted by Crippen LogP contribution is -2.49. The van der Waals surface area contributed by atoms with Crippen molar-refractivity contribution in [2.75, 3.05) is 13.6 Å². The van der Waals surface area contributed by atoms with Gasteiger partial charge < -0.3 is 10.6 Å². The Morgan fingerprint density at radius 3 is 2.72 bits per heavy atom. The zero-order valence-corrected chi connectivity index (χ0v) is 14.7. The van der Waals surface area contributed by atoms with Crippen molar-refractivity contribution >= 4 is 11.8 Å². The molecule has 1 aliphatic heterocycles. The summed E-state index contributed by atoms with van der Waals surface area (Å²) in [6, 6.07) is 6.36. The summed E-state index contributed by atoms with van der Waals surface area (Å²) in [6.45, 7) is 0.383. The van der Waals surface area contributed by atoms with Gasteiger partial charge in [-0.15, -0.1) is 0 Å². The summed E-state index contributed by atoms with van der Waals surface area (Å²) in [5.41, 5.74) is 6.07. The summed E-state index contributed by atoms with van der Waals surface area (Å²) in [7, 11) is 1.67. The smallest absolute Gasteiger partial charge is 0.236 e. The second kappa shape index (κ2) is 7.52. The lowest BCUT2D eigenvalue weighted by atomic mass is 9.84. The molecule has 2 N–H and O–H groups in total. The van der Waals surface area contributed by atoms with E-state index >= 15 is 0 Å². The molecule has 1 saturated heterocycles. The molecule has 0 unspecified atom stereocenters. The van der Waals surface area contributed by atoms with Gasteiger partial charge in [0.2, 0.25) is 11.8 Å². The molecular weight excluding hydrogens is 321 g/mol. The monoisotopic (exact) mass is 347 g/mol. The number of carbonyl (C=O) groups is 2. The van der Waals surface area contributed by atoms with Gasteiger partial charge in [-0.25, -0.2) is 4.39 Å². The Hall–Kier alpha value is -1.95. The van der Waals surface area contributed by atoms with Crippen molar-refractivity contribution in [3.8, 4) is 0 Å². The first kappa shape index (κ1) is 17.9. The maximum Gasteiger partial charge on any atom is 0.236 e. The average molecular weight is 347 g/mol. The third-order valence-electron chi connectivity index (χ3n) is 5.66. The highest BCUT2D eigenvalue weighted by molar-refractivity contribution is 5.83. The van der Waals surface area contributed by atoms with Crippen molar-refractivity contribution in [2.24, 2.45) is 11.7 Å². The van der Waals surface area contributed by atoms with Crippen LogP contribution in [0.15, 0.2) is 24.3 Å². The number of hydrogen-bond acceptors (Lipinski definition) is 3. The fraction of sp³-hybridized carbons (Fsp3) is 0.579. The third kappa shape index (κ3) is 3.84. The van der Waals surface area contributed by atoms with E-state index in [1.165, 1.54) is 17.4 Å². The number of nitrogens with two attached hydrogens (primary N) is 1. The standard InChI is InChI=1S/C19H26FN3O2/c1-22(11-14-7-2-4-8-15(14)20)18(24)12-23-16-9-5-3-6-13(16)10-17(23)19(21)25/h2,4,7-8,13,16-17H,3,5-6,9-12H2,1H3,(H2,21,25)/t13-,16+,17-/m0/s1. The van der Waals surface area contributed by atoms with Gasteiger partial charge in [-0.1, -0.05) is 31.0 Å². The minimum absolute atomic E-state index is 0.110. The largest absolute Gasteiger partial charge is 0.368 e. The van der Waals surface area contributed by atoms with Gasteiger partial charge in [0.15, 0.2) is 0 Å². The van der Waals surface area contributed by atoms with Crippen LogP contribution in [-0.2, 0) is 16.1 Å². The molecular formula is C19H26FN3O2. The van der Waals surface area contributed by atoms with Gasteiger partial charge in [-0.05, 0) is 31.2 Å². The van der Waals surface area contributed by atoms with Crippen LogP contribution < -0.4 is 5.73 Å². The summed E-state index contributed by atoms with van der Waals surface area (Å²) in [4.78, 5) is 28.0. The lowest BCUT2D eigenvalue weighted by molar-refractivity contribution is -0.133. The third-order valence-corrected chi connectivity index (χ3v) is 5.66. The van der Waals surface area contributed by atoms with E-state index in [0.717, 1.165) is 25.7 Å². The summed E-state index contributed by atoms with van der Waals surface area (Å²) in [6.07, 6.45) is 5.18. The topological polar surface area (TPSA) is 66.6 Å². The Bertz CT molecular complexity index is 651. The maximum absolute atomic E-state index is 13.8. The van der Waals surface area contributed by atoms with Crippen molar-refractivity contribution < 1.29 is 14.0 Å². The molecule has 2 amide bonds. The zero-order valence-electron chi connectivity index (χ0n) is 14.7. The molecule has 0 spiro atoms. The molecule has 3 atom stereocenters. The van der Waals surface area contributed by atoms with Crippen molar-refractivity contribution in [1.82, 2.24) is 9.80 Å². The van der Waals surface area contributed by atoms with Crippen molar-refractivity contribution in [3.05, 3.63) is 35.6 Å². The van der Waals surface area contributed by atoms with Gasteiger partial charge in [0.05, 0.1) is 12.6 Å². The quantitative estimate of drug-likeness (QED) is 0.885. The van der Waals surface area contributed by atoms with Crippen molar-refractivity contribution in [1.29, 1.82) is 0 Å². The number of nitrogens with zero attached hydrogens (tertiary/aromatic N) is 2. The molecule has 0 radical (unpaired) electrons. The van der Waals surface area contributed by atoms with Crippen LogP contribution in [0.1, 0.15) is 37.7 Å². The Kier molecular flexibility index (Phi) is 5.37. The number of likely N-dealkylation sites (tertiary alicyclic amines) is 1. The van der Waals surface area contributed by atoms with Crippen LogP contribution in [0, 0.1) is 11.7 Å². The number of primary amides is 1. The van der Waals surface area contributed by atoms with Crippen LogP contribution in [0.5, 0.6) is 0 Å². The Balaban J connectivity index is 1.67. The van der Waals surface area contributed by atoms with Crippen LogP contribution in [0.3, 0.4) is 0 Å². The minimum Gasteiger partial charge on any atom is -0.368 e. The molecule has 3 rings (SSSR count). The highest BCUT2D eigenvalue weighted by Crippen LogP contribution is 2.39. The Morgan fingerprint density at radius 1 is 1.28 bits per heavy atom. The molecule has 1 aliphatic carbocycles. The fourth-order valence-corrected chi connectivity index (χ4v) is 4.31. The lowest BCUT2D eigenvalue weighted by Gasteiger charge is -2.33. The van der Waals surface area contributed by atoms with Gasteiger partial charge in [0.25, 0.3) is 0 Å². The molecule has 25 heavy (non-hydrogen) atoms.